The fourth-order valence-electron chi connectivity index (χ4n) is 1.04. The van der Waals surface area contributed by atoms with E-state index in [4.69, 9.17) is 9.69 Å². The molecule has 0 amide bonds. The second-order valence-corrected chi connectivity index (χ2v) is 8.82. The Labute approximate surface area is 85.0 Å². The zero-order chi connectivity index (χ0) is 11.6. The van der Waals surface area contributed by atoms with Gasteiger partial charge in [0.25, 0.3) is 6.04 Å². The van der Waals surface area contributed by atoms with Crippen LogP contribution in [0.25, 0.3) is 0 Å². The van der Waals surface area contributed by atoms with Crippen LogP contribution in [-0.4, -0.2) is 24.9 Å². The fraction of sp³-hybridized carbons (Fsp3) is 0.875. The minimum absolute atomic E-state index is 0.483. The summed E-state index contributed by atoms with van der Waals surface area (Å²) in [5.74, 6) is 0. The van der Waals surface area contributed by atoms with Gasteiger partial charge in [-0.15, -0.1) is 0 Å². The minimum Gasteiger partial charge on any atom is -0.395 e. The topological polar surface area (TPSA) is 76.2 Å². The second-order valence-electron chi connectivity index (χ2n) is 4.39. The van der Waals surface area contributed by atoms with Gasteiger partial charge in [-0.3, -0.25) is 10.1 Å². The van der Waals surface area contributed by atoms with Crippen molar-refractivity contribution >= 4 is 8.32 Å². The predicted molar refractivity (Wildman–Crippen MR) is 54.9 cm³/mol. The van der Waals surface area contributed by atoms with Gasteiger partial charge in [-0.25, -0.2) is 0 Å². The van der Waals surface area contributed by atoms with Gasteiger partial charge in [0, 0.05) is 11.8 Å². The van der Waals surface area contributed by atoms with E-state index >= 15 is 0 Å². The summed E-state index contributed by atoms with van der Waals surface area (Å²) in [6.07, 6.45) is 0. The van der Waals surface area contributed by atoms with Gasteiger partial charge in [0.2, 0.25) is 5.60 Å². The first kappa shape index (κ1) is 13.1. The van der Waals surface area contributed by atoms with Gasteiger partial charge in [-0.1, -0.05) is 0 Å². The molecule has 0 heterocycles. The number of nitro groups is 1. The number of nitrogens with zero attached hydrogens (tertiary/aromatic N) is 2. The van der Waals surface area contributed by atoms with E-state index in [0.29, 0.717) is 0 Å². The van der Waals surface area contributed by atoms with Gasteiger partial charge in [0.15, 0.2) is 8.32 Å². The monoisotopic (exact) mass is 216 g/mol. The summed E-state index contributed by atoms with van der Waals surface area (Å²) in [7, 11) is -1.95. The Morgan fingerprint density at radius 2 is 2.00 bits per heavy atom. The molecule has 0 aliphatic carbocycles. The van der Waals surface area contributed by atoms with Crippen molar-refractivity contribution in [2.24, 2.45) is 0 Å². The van der Waals surface area contributed by atoms with E-state index in [1.807, 2.05) is 25.7 Å². The molecule has 80 valence electrons. The van der Waals surface area contributed by atoms with E-state index in [-0.39, 0.29) is 0 Å². The standard InChI is InChI=1S/C8H16N2O3Si/c1-7(10(11)12)8(2,6-9)13-14(3,4)5/h7H,1-5H3. The summed E-state index contributed by atoms with van der Waals surface area (Å²) < 4.78 is 5.53. The van der Waals surface area contributed by atoms with Crippen LogP contribution >= 0.6 is 0 Å². The maximum Gasteiger partial charge on any atom is 0.250 e. The highest BCUT2D eigenvalue weighted by molar-refractivity contribution is 6.69. The van der Waals surface area contributed by atoms with Crippen molar-refractivity contribution in [2.45, 2.75) is 45.1 Å². The van der Waals surface area contributed by atoms with Crippen molar-refractivity contribution in [1.29, 1.82) is 5.26 Å². The molecule has 0 aromatic carbocycles. The van der Waals surface area contributed by atoms with Crippen LogP contribution in [0.4, 0.5) is 0 Å². The van der Waals surface area contributed by atoms with Crippen molar-refractivity contribution in [3.8, 4) is 6.07 Å². The third kappa shape index (κ3) is 3.44. The maximum atomic E-state index is 10.6. The van der Waals surface area contributed by atoms with Gasteiger partial charge in [-0.05, 0) is 26.6 Å². The summed E-state index contributed by atoms with van der Waals surface area (Å²) in [6, 6.07) is 0.872. The molecule has 0 saturated carbocycles. The van der Waals surface area contributed by atoms with Crippen LogP contribution in [0, 0.1) is 21.4 Å². The van der Waals surface area contributed by atoms with Crippen molar-refractivity contribution in [1.82, 2.24) is 0 Å². The van der Waals surface area contributed by atoms with Crippen molar-refractivity contribution in [3.63, 3.8) is 0 Å². The van der Waals surface area contributed by atoms with E-state index in [0.717, 1.165) is 0 Å². The largest absolute Gasteiger partial charge is 0.395 e. The second kappa shape index (κ2) is 4.07. The van der Waals surface area contributed by atoms with E-state index in [1.54, 1.807) is 0 Å². The smallest absolute Gasteiger partial charge is 0.250 e. The molecule has 0 fully saturated rings. The highest BCUT2D eigenvalue weighted by Crippen LogP contribution is 2.22. The summed E-state index contributed by atoms with van der Waals surface area (Å²) >= 11 is 0. The molecule has 0 spiro atoms. The molecule has 0 rings (SSSR count). The molecule has 0 bridgehead atoms. The molecule has 0 aliphatic rings. The first-order valence-corrected chi connectivity index (χ1v) is 7.78. The first-order valence-electron chi connectivity index (χ1n) is 4.37. The minimum atomic E-state index is -1.95. The average molecular weight is 216 g/mol. The Hall–Kier alpha value is -0.933. The summed E-state index contributed by atoms with van der Waals surface area (Å²) in [5.41, 5.74) is -1.33. The molecule has 0 saturated heterocycles. The quantitative estimate of drug-likeness (QED) is 0.408. The molecular weight excluding hydrogens is 200 g/mol. The molecule has 14 heavy (non-hydrogen) atoms. The zero-order valence-electron chi connectivity index (χ0n) is 9.20. The summed E-state index contributed by atoms with van der Waals surface area (Å²) in [4.78, 5) is 10.1. The Morgan fingerprint density at radius 3 is 2.21 bits per heavy atom. The highest BCUT2D eigenvalue weighted by Gasteiger charge is 2.44. The number of nitriles is 1. The summed E-state index contributed by atoms with van der Waals surface area (Å²) in [5, 5.41) is 19.5. The van der Waals surface area contributed by atoms with Crippen LogP contribution in [0.5, 0.6) is 0 Å². The zero-order valence-corrected chi connectivity index (χ0v) is 10.2. The average Bonchev–Trinajstić information content (AvgIpc) is 1.99. The molecule has 6 heteroatoms. The lowest BCUT2D eigenvalue weighted by Crippen LogP contribution is -2.49. The normalized spacial score (nSPS) is 18.0. The molecule has 0 aliphatic heterocycles. The van der Waals surface area contributed by atoms with Crippen LogP contribution in [0.3, 0.4) is 0 Å². The Kier molecular flexibility index (Phi) is 3.79. The molecule has 2 atom stereocenters. The number of hydrogen-bond donors (Lipinski definition) is 0. The molecule has 5 nitrogen and oxygen atoms in total. The molecular formula is C8H16N2O3Si. The Bertz CT molecular complexity index is 269. The van der Waals surface area contributed by atoms with Gasteiger partial charge in [0.05, 0.1) is 0 Å². The lowest BCUT2D eigenvalue weighted by molar-refractivity contribution is -0.534. The van der Waals surface area contributed by atoms with Crippen LogP contribution in [0.15, 0.2) is 0 Å². The van der Waals surface area contributed by atoms with Crippen molar-refractivity contribution in [2.75, 3.05) is 0 Å². The van der Waals surface area contributed by atoms with Gasteiger partial charge in [0.1, 0.15) is 6.07 Å². The van der Waals surface area contributed by atoms with Crippen molar-refractivity contribution < 1.29 is 9.35 Å². The van der Waals surface area contributed by atoms with Gasteiger partial charge in [-0.2, -0.15) is 5.26 Å². The van der Waals surface area contributed by atoms with E-state index < -0.39 is 24.9 Å². The fourth-order valence-corrected chi connectivity index (χ4v) is 2.53. The lowest BCUT2D eigenvalue weighted by Gasteiger charge is -2.30. The molecule has 0 aromatic heterocycles. The van der Waals surface area contributed by atoms with Crippen LogP contribution in [0.2, 0.25) is 19.6 Å². The third-order valence-electron chi connectivity index (χ3n) is 1.85. The van der Waals surface area contributed by atoms with Crippen LogP contribution in [0.1, 0.15) is 13.8 Å². The van der Waals surface area contributed by atoms with Crippen LogP contribution < -0.4 is 0 Å². The molecule has 0 radical (unpaired) electrons. The molecule has 0 N–H and O–H groups in total. The van der Waals surface area contributed by atoms with E-state index in [2.05, 4.69) is 0 Å². The van der Waals surface area contributed by atoms with Gasteiger partial charge >= 0.3 is 0 Å². The SMILES string of the molecule is CC([N+](=O)[O-])C(C)(C#N)O[Si](C)(C)C. The Balaban J connectivity index is 4.84. The highest BCUT2D eigenvalue weighted by atomic mass is 28.4. The summed E-state index contributed by atoms with van der Waals surface area (Å²) in [6.45, 7) is 8.56. The Morgan fingerprint density at radius 1 is 1.57 bits per heavy atom. The maximum absolute atomic E-state index is 10.6. The van der Waals surface area contributed by atoms with Crippen LogP contribution in [-0.2, 0) is 4.43 Å². The lowest BCUT2D eigenvalue weighted by atomic mass is 10.0. The predicted octanol–water partition coefficient (Wildman–Crippen LogP) is 1.79. The molecule has 2 unspecified atom stereocenters. The molecule has 0 aromatic rings. The number of hydrogen-bond acceptors (Lipinski definition) is 4. The van der Waals surface area contributed by atoms with Gasteiger partial charge < -0.3 is 4.43 Å². The van der Waals surface area contributed by atoms with E-state index in [9.17, 15) is 10.1 Å². The van der Waals surface area contributed by atoms with E-state index in [1.165, 1.54) is 13.8 Å². The third-order valence-corrected chi connectivity index (χ3v) is 2.89. The first-order chi connectivity index (χ1) is 6.12. The number of rotatable bonds is 4. The van der Waals surface area contributed by atoms with Crippen molar-refractivity contribution in [3.05, 3.63) is 10.1 Å².